The molecule has 0 aromatic heterocycles. The van der Waals surface area contributed by atoms with E-state index in [0.29, 0.717) is 29.3 Å². The van der Waals surface area contributed by atoms with Gasteiger partial charge in [-0.15, -0.1) is 0 Å². The van der Waals surface area contributed by atoms with Crippen molar-refractivity contribution in [1.29, 1.82) is 0 Å². The fraction of sp³-hybridized carbons (Fsp3) is 0.235. The highest BCUT2D eigenvalue weighted by Crippen LogP contribution is 2.35. The molecule has 0 bridgehead atoms. The molecule has 0 aliphatic carbocycles. The normalized spacial score (nSPS) is 12.9. The van der Waals surface area contributed by atoms with Gasteiger partial charge in [-0.1, -0.05) is 12.1 Å². The molecule has 1 aliphatic heterocycles. The number of nitrogen functional groups attached to an aromatic ring is 1. The van der Waals surface area contributed by atoms with E-state index in [1.54, 1.807) is 37.3 Å². The van der Waals surface area contributed by atoms with Gasteiger partial charge in [0.1, 0.15) is 17.1 Å². The molecule has 2 aromatic rings. The van der Waals surface area contributed by atoms with Crippen LogP contribution in [0, 0.1) is 0 Å². The Bertz CT molecular complexity index is 706. The van der Waals surface area contributed by atoms with Crippen LogP contribution in [0.2, 0.25) is 0 Å². The lowest BCUT2D eigenvalue weighted by Crippen LogP contribution is -2.29. The van der Waals surface area contributed by atoms with Crippen LogP contribution in [0.5, 0.6) is 11.5 Å². The fourth-order valence-electron chi connectivity index (χ4n) is 2.80. The summed E-state index contributed by atoms with van der Waals surface area (Å²) in [5, 5.41) is 0. The summed E-state index contributed by atoms with van der Waals surface area (Å²) in [6, 6.07) is 11.0. The molecule has 2 aromatic carbocycles. The number of hydrogen-bond acceptors (Lipinski definition) is 4. The highest BCUT2D eigenvalue weighted by molar-refractivity contribution is 6.11. The molecule has 114 valence electrons. The highest BCUT2D eigenvalue weighted by atomic mass is 16.5. The van der Waals surface area contributed by atoms with Crippen molar-refractivity contribution in [3.63, 3.8) is 0 Å². The molecule has 0 unspecified atom stereocenters. The van der Waals surface area contributed by atoms with Crippen LogP contribution in [0.1, 0.15) is 15.9 Å². The molecule has 22 heavy (non-hydrogen) atoms. The Labute approximate surface area is 129 Å². The van der Waals surface area contributed by atoms with E-state index < -0.39 is 0 Å². The summed E-state index contributed by atoms with van der Waals surface area (Å²) in [5.74, 6) is 0.863. The average molecular weight is 298 g/mol. The number of hydrogen-bond donors (Lipinski definition) is 1. The van der Waals surface area contributed by atoms with Gasteiger partial charge in [-0.2, -0.15) is 0 Å². The molecule has 0 saturated carbocycles. The van der Waals surface area contributed by atoms with Crippen LogP contribution < -0.4 is 20.1 Å². The molecular formula is C17H18N2O3. The van der Waals surface area contributed by atoms with E-state index in [1.807, 2.05) is 18.2 Å². The van der Waals surface area contributed by atoms with Gasteiger partial charge >= 0.3 is 0 Å². The van der Waals surface area contributed by atoms with Crippen LogP contribution >= 0.6 is 0 Å². The van der Waals surface area contributed by atoms with Crippen molar-refractivity contribution in [3.8, 4) is 11.5 Å². The second-order valence-electron chi connectivity index (χ2n) is 5.13. The van der Waals surface area contributed by atoms with E-state index in [9.17, 15) is 4.79 Å². The molecule has 2 N–H and O–H groups in total. The Balaban J connectivity index is 2.06. The molecule has 1 aliphatic rings. The maximum atomic E-state index is 13.0. The number of fused-ring (bicyclic) bond motifs is 1. The maximum Gasteiger partial charge on any atom is 0.265 e. The molecule has 0 atom stereocenters. The van der Waals surface area contributed by atoms with Gasteiger partial charge in [0.15, 0.2) is 0 Å². The van der Waals surface area contributed by atoms with Gasteiger partial charge in [0, 0.05) is 17.9 Å². The summed E-state index contributed by atoms with van der Waals surface area (Å²) >= 11 is 0. The first-order valence-corrected chi connectivity index (χ1v) is 7.07. The summed E-state index contributed by atoms with van der Waals surface area (Å²) in [4.78, 5) is 14.7. The van der Waals surface area contributed by atoms with Gasteiger partial charge in [0.05, 0.1) is 14.2 Å². The predicted octanol–water partition coefficient (Wildman–Crippen LogP) is 2.49. The lowest BCUT2D eigenvalue weighted by molar-refractivity contribution is 0.0983. The zero-order valence-corrected chi connectivity index (χ0v) is 12.6. The fourth-order valence-corrected chi connectivity index (χ4v) is 2.80. The molecule has 0 saturated heterocycles. The summed E-state index contributed by atoms with van der Waals surface area (Å²) in [6.45, 7) is 0.624. The van der Waals surface area contributed by atoms with E-state index in [0.717, 1.165) is 17.7 Å². The third kappa shape index (κ3) is 2.24. The highest BCUT2D eigenvalue weighted by Gasteiger charge is 2.29. The largest absolute Gasteiger partial charge is 0.496 e. The van der Waals surface area contributed by atoms with Crippen LogP contribution in [0.3, 0.4) is 0 Å². The summed E-state index contributed by atoms with van der Waals surface area (Å²) in [5.41, 5.74) is 8.91. The third-order valence-corrected chi connectivity index (χ3v) is 3.89. The molecule has 0 fully saturated rings. The quantitative estimate of drug-likeness (QED) is 0.884. The summed E-state index contributed by atoms with van der Waals surface area (Å²) in [7, 11) is 3.09. The monoisotopic (exact) mass is 298 g/mol. The SMILES string of the molecule is COc1cccc(OC)c1C(=O)N1CCc2ccc(N)cc21. The molecule has 5 heteroatoms. The minimum Gasteiger partial charge on any atom is -0.496 e. The topological polar surface area (TPSA) is 64.8 Å². The van der Waals surface area contributed by atoms with Crippen molar-refractivity contribution in [2.45, 2.75) is 6.42 Å². The number of amides is 1. The van der Waals surface area contributed by atoms with Crippen molar-refractivity contribution >= 4 is 17.3 Å². The van der Waals surface area contributed by atoms with E-state index in [2.05, 4.69) is 0 Å². The lowest BCUT2D eigenvalue weighted by atomic mass is 10.1. The number of nitrogens with two attached hydrogens (primary N) is 1. The molecule has 0 spiro atoms. The number of carbonyl (C=O) groups is 1. The maximum absolute atomic E-state index is 13.0. The lowest BCUT2D eigenvalue weighted by Gasteiger charge is -2.20. The number of anilines is 2. The first-order chi connectivity index (χ1) is 10.7. The van der Waals surface area contributed by atoms with Gasteiger partial charge in [0.2, 0.25) is 0 Å². The number of ether oxygens (including phenoxy) is 2. The van der Waals surface area contributed by atoms with Crippen LogP contribution in [0.25, 0.3) is 0 Å². The van der Waals surface area contributed by atoms with Gasteiger partial charge in [-0.25, -0.2) is 0 Å². The molecule has 3 rings (SSSR count). The zero-order chi connectivity index (χ0) is 15.7. The van der Waals surface area contributed by atoms with Crippen molar-refractivity contribution in [1.82, 2.24) is 0 Å². The Kier molecular flexibility index (Phi) is 3.63. The van der Waals surface area contributed by atoms with Gasteiger partial charge in [0.25, 0.3) is 5.91 Å². The van der Waals surface area contributed by atoms with Gasteiger partial charge in [-0.05, 0) is 36.2 Å². The number of rotatable bonds is 3. The van der Waals surface area contributed by atoms with Gasteiger partial charge in [-0.3, -0.25) is 4.79 Å². The first kappa shape index (κ1) is 14.3. The Morgan fingerprint density at radius 2 is 1.82 bits per heavy atom. The average Bonchev–Trinajstić information content (AvgIpc) is 2.96. The smallest absolute Gasteiger partial charge is 0.265 e. The minimum atomic E-state index is -0.140. The van der Waals surface area contributed by atoms with E-state index in [-0.39, 0.29) is 5.91 Å². The molecule has 0 radical (unpaired) electrons. The Hall–Kier alpha value is -2.69. The summed E-state index contributed by atoms with van der Waals surface area (Å²) in [6.07, 6.45) is 0.818. The van der Waals surface area contributed by atoms with E-state index in [4.69, 9.17) is 15.2 Å². The van der Waals surface area contributed by atoms with Crippen molar-refractivity contribution in [2.75, 3.05) is 31.4 Å². The van der Waals surface area contributed by atoms with Crippen LogP contribution in [0.15, 0.2) is 36.4 Å². The molecular weight excluding hydrogens is 280 g/mol. The van der Waals surface area contributed by atoms with E-state index in [1.165, 1.54) is 0 Å². The van der Waals surface area contributed by atoms with E-state index >= 15 is 0 Å². The minimum absolute atomic E-state index is 0.140. The van der Waals surface area contributed by atoms with Crippen LogP contribution in [0.4, 0.5) is 11.4 Å². The molecule has 1 heterocycles. The predicted molar refractivity (Wildman–Crippen MR) is 85.8 cm³/mol. The second kappa shape index (κ2) is 5.60. The Morgan fingerprint density at radius 1 is 1.14 bits per heavy atom. The zero-order valence-electron chi connectivity index (χ0n) is 12.6. The molecule has 1 amide bonds. The van der Waals surface area contributed by atoms with Crippen molar-refractivity contribution < 1.29 is 14.3 Å². The second-order valence-corrected chi connectivity index (χ2v) is 5.13. The standard InChI is InChI=1S/C17H18N2O3/c1-21-14-4-3-5-15(22-2)16(14)17(20)19-9-8-11-6-7-12(18)10-13(11)19/h3-7,10H,8-9,18H2,1-2H3. The third-order valence-electron chi connectivity index (χ3n) is 3.89. The van der Waals surface area contributed by atoms with Crippen molar-refractivity contribution in [3.05, 3.63) is 47.5 Å². The number of benzene rings is 2. The number of carbonyl (C=O) groups excluding carboxylic acids is 1. The summed E-state index contributed by atoms with van der Waals surface area (Å²) < 4.78 is 10.7. The molecule has 5 nitrogen and oxygen atoms in total. The number of methoxy groups -OCH3 is 2. The first-order valence-electron chi connectivity index (χ1n) is 7.07. The van der Waals surface area contributed by atoms with Crippen LogP contribution in [-0.2, 0) is 6.42 Å². The van der Waals surface area contributed by atoms with Crippen molar-refractivity contribution in [2.24, 2.45) is 0 Å². The van der Waals surface area contributed by atoms with Gasteiger partial charge < -0.3 is 20.1 Å². The van der Waals surface area contributed by atoms with Crippen LogP contribution in [-0.4, -0.2) is 26.7 Å². The Morgan fingerprint density at radius 3 is 2.45 bits per heavy atom. The number of nitrogens with zero attached hydrogens (tertiary/aromatic N) is 1.